The zero-order valence-electron chi connectivity index (χ0n) is 27.1. The number of nitrogens with zero attached hydrogens (tertiary/aromatic N) is 2. The molecule has 2 amide bonds. The van der Waals surface area contributed by atoms with Crippen LogP contribution in [0.3, 0.4) is 0 Å². The molecule has 2 atom stereocenters. The number of sulfonamides is 1. The van der Waals surface area contributed by atoms with Crippen LogP contribution in [0.5, 0.6) is 5.75 Å². The Morgan fingerprint density at radius 3 is 1.96 bits per heavy atom. The molecule has 0 saturated heterocycles. The number of benzene rings is 4. The fourth-order valence-electron chi connectivity index (χ4n) is 5.00. The van der Waals surface area contributed by atoms with Crippen molar-refractivity contribution in [2.24, 2.45) is 0 Å². The molecule has 46 heavy (non-hydrogen) atoms. The van der Waals surface area contributed by atoms with Crippen LogP contribution in [-0.4, -0.2) is 50.9 Å². The Kier molecular flexibility index (Phi) is 11.6. The van der Waals surface area contributed by atoms with Gasteiger partial charge in [-0.05, 0) is 74.7 Å². The maximum Gasteiger partial charge on any atom is 0.264 e. The van der Waals surface area contributed by atoms with Crippen LogP contribution in [0.2, 0.25) is 0 Å². The first-order chi connectivity index (χ1) is 22.0. The molecule has 0 bridgehead atoms. The second-order valence-electron chi connectivity index (χ2n) is 11.6. The summed E-state index contributed by atoms with van der Waals surface area (Å²) in [6, 6.07) is 29.3. The predicted molar refractivity (Wildman–Crippen MR) is 182 cm³/mol. The standard InChI is InChI=1S/C37H43N3O5S/c1-6-29(4)38-37(42)35(24-30-10-8-7-9-11-30)39(25-31-16-12-27(2)13-17-31)36(41)26-40(32-18-20-33(45-5)21-19-32)46(43,44)34-22-14-28(3)15-23-34/h7-23,29,35H,6,24-26H2,1-5H3,(H,38,42)/t29-,35-/m1/s1. The van der Waals surface area contributed by atoms with Crippen molar-refractivity contribution in [3.63, 3.8) is 0 Å². The summed E-state index contributed by atoms with van der Waals surface area (Å²) in [5.74, 6) is -0.253. The number of carbonyl (C=O) groups is 2. The van der Waals surface area contributed by atoms with E-state index in [0.29, 0.717) is 11.4 Å². The van der Waals surface area contributed by atoms with Gasteiger partial charge in [0.05, 0.1) is 17.7 Å². The van der Waals surface area contributed by atoms with E-state index in [2.05, 4.69) is 5.32 Å². The van der Waals surface area contributed by atoms with Gasteiger partial charge in [-0.3, -0.25) is 13.9 Å². The minimum atomic E-state index is -4.18. The van der Waals surface area contributed by atoms with E-state index >= 15 is 0 Å². The molecular formula is C37H43N3O5S. The Balaban J connectivity index is 1.80. The van der Waals surface area contributed by atoms with Crippen molar-refractivity contribution in [1.82, 2.24) is 10.2 Å². The number of methoxy groups -OCH3 is 1. The summed E-state index contributed by atoms with van der Waals surface area (Å²) in [7, 11) is -2.65. The first kappa shape index (κ1) is 34.2. The summed E-state index contributed by atoms with van der Waals surface area (Å²) in [4.78, 5) is 30.1. The number of aryl methyl sites for hydroxylation is 2. The molecule has 9 heteroatoms. The molecule has 0 unspecified atom stereocenters. The van der Waals surface area contributed by atoms with E-state index < -0.39 is 28.5 Å². The molecule has 4 aromatic carbocycles. The van der Waals surface area contributed by atoms with Crippen molar-refractivity contribution >= 4 is 27.5 Å². The summed E-state index contributed by atoms with van der Waals surface area (Å²) in [5, 5.41) is 3.06. The lowest BCUT2D eigenvalue weighted by atomic mass is 10.0. The minimum Gasteiger partial charge on any atom is -0.497 e. The Labute approximate surface area is 273 Å². The minimum absolute atomic E-state index is 0.0575. The van der Waals surface area contributed by atoms with E-state index in [-0.39, 0.29) is 29.8 Å². The van der Waals surface area contributed by atoms with Crippen LogP contribution in [0.15, 0.2) is 108 Å². The first-order valence-corrected chi connectivity index (χ1v) is 16.9. The molecule has 0 aliphatic rings. The molecular weight excluding hydrogens is 598 g/mol. The van der Waals surface area contributed by atoms with Crippen LogP contribution < -0.4 is 14.4 Å². The molecule has 1 N–H and O–H groups in total. The number of rotatable bonds is 14. The summed E-state index contributed by atoms with van der Waals surface area (Å²) in [6.45, 7) is 7.36. The SMILES string of the molecule is CC[C@@H](C)NC(=O)[C@@H](Cc1ccccc1)N(Cc1ccc(C)cc1)C(=O)CN(c1ccc(OC)cc1)S(=O)(=O)c1ccc(C)cc1. The van der Waals surface area contributed by atoms with Crippen molar-refractivity contribution in [3.05, 3.63) is 125 Å². The van der Waals surface area contributed by atoms with Crippen LogP contribution in [-0.2, 0) is 32.6 Å². The number of hydrogen-bond acceptors (Lipinski definition) is 5. The zero-order valence-corrected chi connectivity index (χ0v) is 28.0. The molecule has 0 aliphatic heterocycles. The fourth-order valence-corrected chi connectivity index (χ4v) is 6.41. The van der Waals surface area contributed by atoms with Gasteiger partial charge in [0, 0.05) is 19.0 Å². The third kappa shape index (κ3) is 8.75. The molecule has 0 aromatic heterocycles. The van der Waals surface area contributed by atoms with E-state index in [4.69, 9.17) is 4.74 Å². The Morgan fingerprint density at radius 1 is 0.804 bits per heavy atom. The van der Waals surface area contributed by atoms with Gasteiger partial charge in [0.2, 0.25) is 11.8 Å². The summed E-state index contributed by atoms with van der Waals surface area (Å²) >= 11 is 0. The van der Waals surface area contributed by atoms with Gasteiger partial charge in [-0.25, -0.2) is 8.42 Å². The van der Waals surface area contributed by atoms with Gasteiger partial charge in [0.1, 0.15) is 18.3 Å². The molecule has 0 spiro atoms. The van der Waals surface area contributed by atoms with Crippen LogP contribution >= 0.6 is 0 Å². The van der Waals surface area contributed by atoms with Crippen LogP contribution in [0.1, 0.15) is 42.5 Å². The van der Waals surface area contributed by atoms with E-state index in [1.807, 2.05) is 82.3 Å². The van der Waals surface area contributed by atoms with Crippen molar-refractivity contribution in [2.75, 3.05) is 18.0 Å². The molecule has 0 radical (unpaired) electrons. The molecule has 0 aliphatic carbocycles. The molecule has 0 saturated carbocycles. The highest BCUT2D eigenvalue weighted by Gasteiger charge is 2.35. The van der Waals surface area contributed by atoms with Crippen molar-refractivity contribution < 1.29 is 22.7 Å². The van der Waals surface area contributed by atoms with Gasteiger partial charge in [-0.1, -0.05) is 84.8 Å². The molecule has 242 valence electrons. The zero-order chi connectivity index (χ0) is 33.3. The largest absolute Gasteiger partial charge is 0.497 e. The Bertz CT molecular complexity index is 1690. The summed E-state index contributed by atoms with van der Waals surface area (Å²) in [6.07, 6.45) is 0.976. The summed E-state index contributed by atoms with van der Waals surface area (Å²) < 4.78 is 34.8. The van der Waals surface area contributed by atoms with Gasteiger partial charge in [0.25, 0.3) is 10.0 Å². The fraction of sp³-hybridized carbons (Fsp3) is 0.297. The maximum atomic E-state index is 14.6. The molecule has 8 nitrogen and oxygen atoms in total. The normalized spacial score (nSPS) is 12.5. The molecule has 0 heterocycles. The average Bonchev–Trinajstić information content (AvgIpc) is 3.06. The lowest BCUT2D eigenvalue weighted by Crippen LogP contribution is -2.54. The average molecular weight is 642 g/mol. The number of hydrogen-bond donors (Lipinski definition) is 1. The number of amides is 2. The lowest BCUT2D eigenvalue weighted by molar-refractivity contribution is -0.140. The van der Waals surface area contributed by atoms with E-state index in [0.717, 1.165) is 33.0 Å². The van der Waals surface area contributed by atoms with Crippen molar-refractivity contribution in [2.45, 2.75) is 64.1 Å². The maximum absolute atomic E-state index is 14.6. The van der Waals surface area contributed by atoms with Crippen LogP contribution in [0, 0.1) is 13.8 Å². The molecule has 4 aromatic rings. The number of carbonyl (C=O) groups excluding carboxylic acids is 2. The van der Waals surface area contributed by atoms with E-state index in [9.17, 15) is 18.0 Å². The van der Waals surface area contributed by atoms with Gasteiger partial charge >= 0.3 is 0 Å². The second-order valence-corrected chi connectivity index (χ2v) is 13.4. The summed E-state index contributed by atoms with van der Waals surface area (Å²) in [5.41, 5.74) is 3.98. The number of nitrogens with one attached hydrogen (secondary N) is 1. The second kappa shape index (κ2) is 15.6. The molecule has 0 fully saturated rings. The number of anilines is 1. The predicted octanol–water partition coefficient (Wildman–Crippen LogP) is 6.06. The Hall–Kier alpha value is -4.63. The monoisotopic (exact) mass is 641 g/mol. The Morgan fingerprint density at radius 2 is 1.39 bits per heavy atom. The van der Waals surface area contributed by atoms with Gasteiger partial charge < -0.3 is 15.0 Å². The highest BCUT2D eigenvalue weighted by molar-refractivity contribution is 7.92. The van der Waals surface area contributed by atoms with Crippen molar-refractivity contribution in [1.29, 1.82) is 0 Å². The smallest absolute Gasteiger partial charge is 0.264 e. The van der Waals surface area contributed by atoms with Gasteiger partial charge in [0.15, 0.2) is 0 Å². The van der Waals surface area contributed by atoms with Crippen molar-refractivity contribution in [3.8, 4) is 5.75 Å². The van der Waals surface area contributed by atoms with Crippen LogP contribution in [0.4, 0.5) is 5.69 Å². The lowest BCUT2D eigenvalue weighted by Gasteiger charge is -2.34. The van der Waals surface area contributed by atoms with Gasteiger partial charge in [-0.15, -0.1) is 0 Å². The van der Waals surface area contributed by atoms with Gasteiger partial charge in [-0.2, -0.15) is 0 Å². The van der Waals surface area contributed by atoms with E-state index in [1.54, 1.807) is 36.4 Å². The quantitative estimate of drug-likeness (QED) is 0.181. The number of ether oxygens (including phenoxy) is 1. The van der Waals surface area contributed by atoms with E-state index in [1.165, 1.54) is 24.1 Å². The first-order valence-electron chi connectivity index (χ1n) is 15.4. The third-order valence-corrected chi connectivity index (χ3v) is 9.78. The van der Waals surface area contributed by atoms with Crippen LogP contribution in [0.25, 0.3) is 0 Å². The third-order valence-electron chi connectivity index (χ3n) is 7.99. The topological polar surface area (TPSA) is 96.0 Å². The highest BCUT2D eigenvalue weighted by Crippen LogP contribution is 2.27. The molecule has 4 rings (SSSR count). The highest BCUT2D eigenvalue weighted by atomic mass is 32.2.